The van der Waals surface area contributed by atoms with Crippen LogP contribution in [-0.4, -0.2) is 18.5 Å². The predicted octanol–water partition coefficient (Wildman–Crippen LogP) is 1.19. The van der Waals surface area contributed by atoms with Crippen molar-refractivity contribution in [3.05, 3.63) is 21.9 Å². The van der Waals surface area contributed by atoms with Crippen molar-refractivity contribution in [1.29, 1.82) is 0 Å². The maximum Gasteiger partial charge on any atom is 0.0435 e. The van der Waals surface area contributed by atoms with E-state index < -0.39 is 0 Å². The van der Waals surface area contributed by atoms with E-state index in [4.69, 9.17) is 5.73 Å². The van der Waals surface area contributed by atoms with Gasteiger partial charge in [-0.25, -0.2) is 0 Å². The Balaban J connectivity index is 2.36. The predicted molar refractivity (Wildman–Crippen MR) is 47.6 cm³/mol. The molecular formula is C8H12N2S. The number of nitrogens with zero attached hydrogens (tertiary/aromatic N) is 1. The molecule has 1 atom stereocenters. The Kier molecular flexibility index (Phi) is 1.71. The molecule has 2 rings (SSSR count). The van der Waals surface area contributed by atoms with Crippen LogP contribution in [0.15, 0.2) is 10.8 Å². The lowest BCUT2D eigenvalue weighted by Gasteiger charge is -2.27. The van der Waals surface area contributed by atoms with Gasteiger partial charge in [-0.05, 0) is 28.9 Å². The lowest BCUT2D eigenvalue weighted by atomic mass is 10.0. The summed E-state index contributed by atoms with van der Waals surface area (Å²) in [6.45, 7) is 2.05. The molecule has 0 amide bonds. The van der Waals surface area contributed by atoms with Crippen molar-refractivity contribution in [2.75, 3.05) is 13.6 Å². The summed E-state index contributed by atoms with van der Waals surface area (Å²) < 4.78 is 0. The van der Waals surface area contributed by atoms with Crippen LogP contribution in [0.4, 0.5) is 0 Å². The number of hydrogen-bond acceptors (Lipinski definition) is 3. The summed E-state index contributed by atoms with van der Waals surface area (Å²) in [6.07, 6.45) is 0. The summed E-state index contributed by atoms with van der Waals surface area (Å²) >= 11 is 1.75. The van der Waals surface area contributed by atoms with Crippen molar-refractivity contribution in [3.8, 4) is 0 Å². The Hall–Kier alpha value is -0.380. The van der Waals surface area contributed by atoms with E-state index >= 15 is 0 Å². The maximum atomic E-state index is 5.95. The van der Waals surface area contributed by atoms with Gasteiger partial charge in [-0.2, -0.15) is 11.3 Å². The van der Waals surface area contributed by atoms with E-state index in [-0.39, 0.29) is 6.04 Å². The van der Waals surface area contributed by atoms with Gasteiger partial charge in [0.2, 0.25) is 0 Å². The van der Waals surface area contributed by atoms with Crippen LogP contribution in [0.2, 0.25) is 0 Å². The van der Waals surface area contributed by atoms with E-state index in [9.17, 15) is 0 Å². The number of likely N-dealkylation sites (N-methyl/N-ethyl adjacent to an activating group) is 1. The SMILES string of the molecule is CN1Cc2cscc2C(N)C1. The molecule has 0 radical (unpaired) electrons. The molecule has 0 aromatic carbocycles. The van der Waals surface area contributed by atoms with E-state index in [2.05, 4.69) is 22.7 Å². The summed E-state index contributed by atoms with van der Waals surface area (Å²) in [4.78, 5) is 2.26. The van der Waals surface area contributed by atoms with Crippen LogP contribution in [0, 0.1) is 0 Å². The molecule has 0 aliphatic carbocycles. The second-order valence-electron chi connectivity index (χ2n) is 3.16. The lowest BCUT2D eigenvalue weighted by Crippen LogP contribution is -2.33. The van der Waals surface area contributed by atoms with Crippen LogP contribution in [0.1, 0.15) is 17.2 Å². The molecule has 3 heteroatoms. The van der Waals surface area contributed by atoms with Crippen molar-refractivity contribution in [2.24, 2.45) is 5.73 Å². The van der Waals surface area contributed by atoms with E-state index in [1.54, 1.807) is 11.3 Å². The van der Waals surface area contributed by atoms with Crippen molar-refractivity contribution in [3.63, 3.8) is 0 Å². The molecule has 2 heterocycles. The van der Waals surface area contributed by atoms with Crippen molar-refractivity contribution < 1.29 is 0 Å². The van der Waals surface area contributed by atoms with Crippen LogP contribution in [0.3, 0.4) is 0 Å². The van der Waals surface area contributed by atoms with Gasteiger partial charge in [0, 0.05) is 19.1 Å². The van der Waals surface area contributed by atoms with Crippen molar-refractivity contribution in [1.82, 2.24) is 4.90 Å². The second-order valence-corrected chi connectivity index (χ2v) is 3.90. The largest absolute Gasteiger partial charge is 0.323 e. The summed E-state index contributed by atoms with van der Waals surface area (Å²) in [6, 6.07) is 0.231. The molecule has 1 aromatic heterocycles. The van der Waals surface area contributed by atoms with Gasteiger partial charge in [0.05, 0.1) is 0 Å². The number of hydrogen-bond donors (Lipinski definition) is 1. The Bertz CT molecular complexity index is 256. The summed E-state index contributed by atoms with van der Waals surface area (Å²) in [7, 11) is 2.11. The lowest BCUT2D eigenvalue weighted by molar-refractivity contribution is 0.284. The molecule has 1 unspecified atom stereocenters. The van der Waals surface area contributed by atoms with Crippen LogP contribution < -0.4 is 5.73 Å². The smallest absolute Gasteiger partial charge is 0.0435 e. The first-order valence-corrected chi connectivity index (χ1v) is 4.71. The number of fused-ring (bicyclic) bond motifs is 1. The van der Waals surface area contributed by atoms with Crippen LogP contribution in [-0.2, 0) is 6.54 Å². The first-order valence-electron chi connectivity index (χ1n) is 3.76. The fourth-order valence-electron chi connectivity index (χ4n) is 1.58. The average Bonchev–Trinajstić information content (AvgIpc) is 2.34. The third-order valence-electron chi connectivity index (χ3n) is 2.12. The van der Waals surface area contributed by atoms with Gasteiger partial charge in [0.1, 0.15) is 0 Å². The summed E-state index contributed by atoms with van der Waals surface area (Å²) in [5.41, 5.74) is 8.71. The molecule has 0 spiro atoms. The maximum absolute atomic E-state index is 5.95. The molecule has 60 valence electrons. The topological polar surface area (TPSA) is 29.3 Å². The van der Waals surface area contributed by atoms with Crippen molar-refractivity contribution in [2.45, 2.75) is 12.6 Å². The van der Waals surface area contributed by atoms with Gasteiger partial charge in [-0.15, -0.1) is 0 Å². The summed E-state index contributed by atoms with van der Waals surface area (Å²) in [5, 5.41) is 4.37. The highest BCUT2D eigenvalue weighted by Gasteiger charge is 2.20. The third kappa shape index (κ3) is 1.20. The minimum absolute atomic E-state index is 0.231. The molecule has 0 fully saturated rings. The van der Waals surface area contributed by atoms with E-state index in [1.165, 1.54) is 11.1 Å². The van der Waals surface area contributed by atoms with Crippen LogP contribution in [0.25, 0.3) is 0 Å². The van der Waals surface area contributed by atoms with Gasteiger partial charge in [-0.3, -0.25) is 0 Å². The zero-order valence-electron chi connectivity index (χ0n) is 6.58. The minimum atomic E-state index is 0.231. The van der Waals surface area contributed by atoms with Gasteiger partial charge in [-0.1, -0.05) is 0 Å². The summed E-state index contributed by atoms with van der Waals surface area (Å²) in [5.74, 6) is 0. The zero-order chi connectivity index (χ0) is 7.84. The standard InChI is InChI=1S/C8H12N2S/c1-10-2-6-4-11-5-7(6)8(9)3-10/h4-5,8H,2-3,9H2,1H3. The monoisotopic (exact) mass is 168 g/mol. The van der Waals surface area contributed by atoms with E-state index in [0.29, 0.717) is 0 Å². The molecule has 0 saturated carbocycles. The molecule has 2 nitrogen and oxygen atoms in total. The quantitative estimate of drug-likeness (QED) is 0.630. The molecule has 0 bridgehead atoms. The minimum Gasteiger partial charge on any atom is -0.323 e. The molecule has 1 aliphatic heterocycles. The Morgan fingerprint density at radius 2 is 2.45 bits per heavy atom. The van der Waals surface area contributed by atoms with Crippen LogP contribution in [0.5, 0.6) is 0 Å². The fourth-order valence-corrected chi connectivity index (χ4v) is 2.49. The fraction of sp³-hybridized carbons (Fsp3) is 0.500. The van der Waals surface area contributed by atoms with Gasteiger partial charge >= 0.3 is 0 Å². The molecule has 1 aromatic rings. The molecule has 0 saturated heterocycles. The molecular weight excluding hydrogens is 156 g/mol. The highest BCUT2D eigenvalue weighted by Crippen LogP contribution is 2.26. The second kappa shape index (κ2) is 2.59. The first kappa shape index (κ1) is 7.28. The van der Waals surface area contributed by atoms with Crippen molar-refractivity contribution >= 4 is 11.3 Å². The van der Waals surface area contributed by atoms with Gasteiger partial charge < -0.3 is 10.6 Å². The first-order chi connectivity index (χ1) is 5.27. The highest BCUT2D eigenvalue weighted by molar-refractivity contribution is 7.08. The van der Waals surface area contributed by atoms with Gasteiger partial charge in [0.25, 0.3) is 0 Å². The Morgan fingerprint density at radius 3 is 3.27 bits per heavy atom. The zero-order valence-corrected chi connectivity index (χ0v) is 7.40. The number of nitrogens with two attached hydrogens (primary N) is 1. The Morgan fingerprint density at radius 1 is 1.64 bits per heavy atom. The van der Waals surface area contributed by atoms with E-state index in [0.717, 1.165) is 13.1 Å². The van der Waals surface area contributed by atoms with E-state index in [1.807, 2.05) is 0 Å². The average molecular weight is 168 g/mol. The third-order valence-corrected chi connectivity index (χ3v) is 2.93. The highest BCUT2D eigenvalue weighted by atomic mass is 32.1. The molecule has 2 N–H and O–H groups in total. The normalized spacial score (nSPS) is 25.1. The number of thiophene rings is 1. The number of rotatable bonds is 0. The molecule has 11 heavy (non-hydrogen) atoms. The van der Waals surface area contributed by atoms with Gasteiger partial charge in [0.15, 0.2) is 0 Å². The molecule has 1 aliphatic rings. The van der Waals surface area contributed by atoms with Crippen LogP contribution >= 0.6 is 11.3 Å². The Labute approximate surface area is 70.6 Å².